The molecule has 23 heavy (non-hydrogen) atoms. The van der Waals surface area contributed by atoms with E-state index in [-0.39, 0.29) is 12.3 Å². The van der Waals surface area contributed by atoms with Gasteiger partial charge in [0.25, 0.3) is 0 Å². The molecule has 6 heteroatoms. The third kappa shape index (κ3) is 5.56. The molecule has 0 saturated carbocycles. The van der Waals surface area contributed by atoms with Crippen LogP contribution in [0.5, 0.6) is 0 Å². The Balaban J connectivity index is 1.86. The Kier molecular flexibility index (Phi) is 5.60. The number of alkyl carbamates (subject to hydrolysis) is 1. The van der Waals surface area contributed by atoms with Crippen LogP contribution in [0.4, 0.5) is 10.5 Å². The molecule has 1 aromatic rings. The summed E-state index contributed by atoms with van der Waals surface area (Å²) < 4.78 is 10.4. The first kappa shape index (κ1) is 17.3. The molecule has 1 aliphatic rings. The van der Waals surface area contributed by atoms with Crippen LogP contribution in [0.15, 0.2) is 24.3 Å². The van der Waals surface area contributed by atoms with Crippen LogP contribution in [0.2, 0.25) is 0 Å². The lowest BCUT2D eigenvalue weighted by atomic mass is 10.1. The van der Waals surface area contributed by atoms with Crippen molar-refractivity contribution in [3.05, 3.63) is 29.8 Å². The zero-order chi connectivity index (χ0) is 16.9. The Hall–Kier alpha value is -2.08. The van der Waals surface area contributed by atoms with Crippen molar-refractivity contribution in [2.45, 2.75) is 26.4 Å². The third-order valence-electron chi connectivity index (χ3n) is 3.36. The van der Waals surface area contributed by atoms with Crippen LogP contribution in [0.3, 0.4) is 0 Å². The fourth-order valence-corrected chi connectivity index (χ4v) is 2.25. The van der Waals surface area contributed by atoms with E-state index in [0.29, 0.717) is 5.56 Å². The van der Waals surface area contributed by atoms with Gasteiger partial charge in [-0.15, -0.1) is 0 Å². The Morgan fingerprint density at radius 2 is 1.78 bits per heavy atom. The fourth-order valence-electron chi connectivity index (χ4n) is 2.25. The summed E-state index contributed by atoms with van der Waals surface area (Å²) in [6, 6.07) is 7.41. The molecule has 0 aromatic heterocycles. The summed E-state index contributed by atoms with van der Waals surface area (Å²) >= 11 is 0. The first-order chi connectivity index (χ1) is 10.8. The highest BCUT2D eigenvalue weighted by Crippen LogP contribution is 2.16. The summed E-state index contributed by atoms with van der Waals surface area (Å²) in [6.07, 6.45) is -0.587. The standard InChI is InChI=1S/C17H24N2O4/c1-17(2,3)23-16(21)18-12-15(20)13-4-6-14(7-5-13)19-8-10-22-11-9-19/h4-7H,8-12H2,1-3H3,(H,18,21). The van der Waals surface area contributed by atoms with Gasteiger partial charge in [0, 0.05) is 24.3 Å². The van der Waals surface area contributed by atoms with E-state index in [9.17, 15) is 9.59 Å². The molecule has 1 saturated heterocycles. The lowest BCUT2D eigenvalue weighted by Crippen LogP contribution is -2.36. The van der Waals surface area contributed by atoms with Crippen molar-refractivity contribution in [2.24, 2.45) is 0 Å². The summed E-state index contributed by atoms with van der Waals surface area (Å²) in [5, 5.41) is 2.48. The molecule has 1 heterocycles. The third-order valence-corrected chi connectivity index (χ3v) is 3.36. The minimum absolute atomic E-state index is 0.0776. The van der Waals surface area contributed by atoms with E-state index in [1.165, 1.54) is 0 Å². The molecular formula is C17H24N2O4. The molecule has 1 aliphatic heterocycles. The van der Waals surface area contributed by atoms with Gasteiger partial charge < -0.3 is 19.7 Å². The average Bonchev–Trinajstić information content (AvgIpc) is 2.52. The van der Waals surface area contributed by atoms with Gasteiger partial charge in [-0.3, -0.25) is 4.79 Å². The lowest BCUT2D eigenvalue weighted by molar-refractivity contribution is 0.0520. The van der Waals surface area contributed by atoms with E-state index in [0.717, 1.165) is 32.0 Å². The second-order valence-corrected chi connectivity index (χ2v) is 6.42. The maximum atomic E-state index is 12.1. The van der Waals surface area contributed by atoms with Crippen molar-refractivity contribution in [3.63, 3.8) is 0 Å². The van der Waals surface area contributed by atoms with Crippen LogP contribution in [-0.2, 0) is 9.47 Å². The Labute approximate surface area is 136 Å². The Bertz CT molecular complexity index is 543. The van der Waals surface area contributed by atoms with E-state index >= 15 is 0 Å². The second-order valence-electron chi connectivity index (χ2n) is 6.42. The molecule has 126 valence electrons. The zero-order valence-electron chi connectivity index (χ0n) is 13.9. The minimum Gasteiger partial charge on any atom is -0.444 e. The van der Waals surface area contributed by atoms with E-state index in [4.69, 9.17) is 9.47 Å². The first-order valence-electron chi connectivity index (χ1n) is 7.78. The molecule has 0 spiro atoms. The topological polar surface area (TPSA) is 67.9 Å². The van der Waals surface area contributed by atoms with Crippen molar-refractivity contribution in [3.8, 4) is 0 Å². The lowest BCUT2D eigenvalue weighted by Gasteiger charge is -2.28. The molecule has 1 aromatic carbocycles. The average molecular weight is 320 g/mol. The number of Topliss-reactive ketones (excluding diaryl/α,β-unsaturated/α-hetero) is 1. The van der Waals surface area contributed by atoms with Gasteiger partial charge in [0.15, 0.2) is 5.78 Å². The second kappa shape index (κ2) is 7.46. The molecule has 1 N–H and O–H groups in total. The van der Waals surface area contributed by atoms with Crippen molar-refractivity contribution in [1.82, 2.24) is 5.32 Å². The van der Waals surface area contributed by atoms with E-state index in [1.54, 1.807) is 32.9 Å². The molecule has 1 fully saturated rings. The quantitative estimate of drug-likeness (QED) is 0.862. The number of anilines is 1. The number of amides is 1. The number of benzene rings is 1. The number of hydrogen-bond donors (Lipinski definition) is 1. The number of rotatable bonds is 4. The highest BCUT2D eigenvalue weighted by atomic mass is 16.6. The molecule has 0 atom stereocenters. The number of nitrogens with one attached hydrogen (secondary N) is 1. The maximum absolute atomic E-state index is 12.1. The largest absolute Gasteiger partial charge is 0.444 e. The highest BCUT2D eigenvalue weighted by molar-refractivity contribution is 5.99. The summed E-state index contributed by atoms with van der Waals surface area (Å²) in [5.41, 5.74) is 1.07. The van der Waals surface area contributed by atoms with Crippen LogP contribution >= 0.6 is 0 Å². The molecule has 0 aliphatic carbocycles. The molecule has 6 nitrogen and oxygen atoms in total. The van der Waals surface area contributed by atoms with Gasteiger partial charge in [-0.2, -0.15) is 0 Å². The summed E-state index contributed by atoms with van der Waals surface area (Å²) in [7, 11) is 0. The molecule has 2 rings (SSSR count). The molecule has 0 radical (unpaired) electrons. The van der Waals surface area contributed by atoms with Crippen LogP contribution < -0.4 is 10.2 Å². The number of morpholine rings is 1. The predicted molar refractivity (Wildman–Crippen MR) is 88.0 cm³/mol. The first-order valence-corrected chi connectivity index (χ1v) is 7.78. The number of carbonyl (C=O) groups excluding carboxylic acids is 2. The van der Waals surface area contributed by atoms with Crippen molar-refractivity contribution >= 4 is 17.6 Å². The van der Waals surface area contributed by atoms with Crippen LogP contribution in [-0.4, -0.2) is 50.3 Å². The molecule has 0 unspecified atom stereocenters. The Morgan fingerprint density at radius 3 is 2.35 bits per heavy atom. The summed E-state index contributed by atoms with van der Waals surface area (Å²) in [6.45, 7) is 8.41. The van der Waals surface area contributed by atoms with Crippen LogP contribution in [0.1, 0.15) is 31.1 Å². The molecule has 1 amide bonds. The number of ether oxygens (including phenoxy) is 2. The fraction of sp³-hybridized carbons (Fsp3) is 0.529. The minimum atomic E-state index is -0.587. The van der Waals surface area contributed by atoms with Crippen LogP contribution in [0, 0.1) is 0 Å². The number of ketones is 1. The molecule has 0 bridgehead atoms. The predicted octanol–water partition coefficient (Wildman–Crippen LogP) is 2.23. The summed E-state index contributed by atoms with van der Waals surface area (Å²) in [5.74, 6) is -0.149. The smallest absolute Gasteiger partial charge is 0.408 e. The van der Waals surface area contributed by atoms with Gasteiger partial charge >= 0.3 is 6.09 Å². The van der Waals surface area contributed by atoms with Gasteiger partial charge in [0.1, 0.15) is 5.60 Å². The van der Waals surface area contributed by atoms with E-state index < -0.39 is 11.7 Å². The van der Waals surface area contributed by atoms with Gasteiger partial charge in [-0.1, -0.05) is 0 Å². The van der Waals surface area contributed by atoms with Gasteiger partial charge in [0.2, 0.25) is 0 Å². The van der Waals surface area contributed by atoms with Gasteiger partial charge in [-0.25, -0.2) is 4.79 Å². The van der Waals surface area contributed by atoms with Crippen molar-refractivity contribution < 1.29 is 19.1 Å². The van der Waals surface area contributed by atoms with Crippen molar-refractivity contribution in [1.29, 1.82) is 0 Å². The Morgan fingerprint density at radius 1 is 1.17 bits per heavy atom. The van der Waals surface area contributed by atoms with Gasteiger partial charge in [-0.05, 0) is 45.0 Å². The summed E-state index contributed by atoms with van der Waals surface area (Å²) in [4.78, 5) is 25.9. The van der Waals surface area contributed by atoms with E-state index in [2.05, 4.69) is 10.2 Å². The highest BCUT2D eigenvalue weighted by Gasteiger charge is 2.17. The number of nitrogens with zero attached hydrogens (tertiary/aromatic N) is 1. The molecular weight excluding hydrogens is 296 g/mol. The zero-order valence-corrected chi connectivity index (χ0v) is 13.9. The SMILES string of the molecule is CC(C)(C)OC(=O)NCC(=O)c1ccc(N2CCOCC2)cc1. The maximum Gasteiger partial charge on any atom is 0.408 e. The van der Waals surface area contributed by atoms with Crippen molar-refractivity contribution in [2.75, 3.05) is 37.7 Å². The number of hydrogen-bond acceptors (Lipinski definition) is 5. The van der Waals surface area contributed by atoms with Crippen LogP contribution in [0.25, 0.3) is 0 Å². The monoisotopic (exact) mass is 320 g/mol. The van der Waals surface area contributed by atoms with Gasteiger partial charge in [0.05, 0.1) is 19.8 Å². The normalized spacial score (nSPS) is 15.2. The number of carbonyl (C=O) groups is 2. The van der Waals surface area contributed by atoms with E-state index in [1.807, 2.05) is 12.1 Å².